The Kier molecular flexibility index (Phi) is 1.26. The summed E-state index contributed by atoms with van der Waals surface area (Å²) in [4.78, 5) is 12.8. The number of aromatic amines is 1. The molecule has 0 aliphatic carbocycles. The fourth-order valence-corrected chi connectivity index (χ4v) is 0.605. The van der Waals surface area contributed by atoms with Gasteiger partial charge in [0.1, 0.15) is 0 Å². The summed E-state index contributed by atoms with van der Waals surface area (Å²) in [5, 5.41) is 0.530. The smallest absolute Gasteiger partial charge is 0.408 e. The molecule has 0 aliphatic rings. The van der Waals surface area contributed by atoms with E-state index in [0.29, 0.717) is 10.8 Å². The summed E-state index contributed by atoms with van der Waals surface area (Å²) in [5.74, 6) is -0.451. The highest BCUT2D eigenvalue weighted by Crippen LogP contribution is 1.52. The highest BCUT2D eigenvalue weighted by molar-refractivity contribution is 5.12. The number of hydrogen-bond donors (Lipinski definition) is 1. The second kappa shape index (κ2) is 1.93. The first-order valence-corrected chi connectivity index (χ1v) is 2.58. The SMILES string of the molecule is C=c1[nH]c(=O)o/c1=C\C. The third-order valence-corrected chi connectivity index (χ3v) is 1.02. The first-order valence-electron chi connectivity index (χ1n) is 2.58. The molecule has 0 atom stereocenters. The van der Waals surface area contributed by atoms with E-state index in [0.717, 1.165) is 0 Å². The quantitative estimate of drug-likeness (QED) is 0.492. The van der Waals surface area contributed by atoms with Crippen LogP contribution >= 0.6 is 0 Å². The van der Waals surface area contributed by atoms with E-state index in [1.807, 2.05) is 0 Å². The van der Waals surface area contributed by atoms with Crippen LogP contribution in [0.15, 0.2) is 9.21 Å². The maximum atomic E-state index is 10.4. The molecular formula is C6H7NO2. The van der Waals surface area contributed by atoms with Gasteiger partial charge in [-0.15, -0.1) is 0 Å². The van der Waals surface area contributed by atoms with Crippen LogP contribution < -0.4 is 16.5 Å². The Morgan fingerprint density at radius 3 is 2.67 bits per heavy atom. The van der Waals surface area contributed by atoms with E-state index < -0.39 is 5.76 Å². The molecule has 9 heavy (non-hydrogen) atoms. The summed E-state index contributed by atoms with van der Waals surface area (Å²) in [6.45, 7) is 5.31. The fraction of sp³-hybridized carbons (Fsp3) is 0.167. The lowest BCUT2D eigenvalue weighted by Crippen LogP contribution is -2.19. The van der Waals surface area contributed by atoms with E-state index in [2.05, 4.69) is 16.0 Å². The molecule has 0 amide bonds. The van der Waals surface area contributed by atoms with Gasteiger partial charge in [0.25, 0.3) is 0 Å². The van der Waals surface area contributed by atoms with Crippen molar-refractivity contribution in [2.45, 2.75) is 6.92 Å². The van der Waals surface area contributed by atoms with E-state index in [-0.39, 0.29) is 0 Å². The van der Waals surface area contributed by atoms with Crippen molar-refractivity contribution in [3.63, 3.8) is 0 Å². The molecule has 1 heterocycles. The summed E-state index contributed by atoms with van der Waals surface area (Å²) in [6, 6.07) is 0. The Hall–Kier alpha value is -1.25. The molecule has 1 aromatic rings. The zero-order valence-corrected chi connectivity index (χ0v) is 5.10. The predicted octanol–water partition coefficient (Wildman–Crippen LogP) is -0.821. The number of nitrogens with one attached hydrogen (secondary N) is 1. The molecule has 1 N–H and O–H groups in total. The van der Waals surface area contributed by atoms with Gasteiger partial charge in [-0.2, -0.15) is 0 Å². The summed E-state index contributed by atoms with van der Waals surface area (Å²) in [6.07, 6.45) is 1.68. The van der Waals surface area contributed by atoms with Gasteiger partial charge in [0.2, 0.25) is 0 Å². The topological polar surface area (TPSA) is 46.0 Å². The molecule has 0 unspecified atom stereocenters. The molecule has 0 radical (unpaired) electrons. The molecule has 0 spiro atoms. The Balaban J connectivity index is 3.72. The van der Waals surface area contributed by atoms with Gasteiger partial charge in [-0.1, -0.05) is 6.58 Å². The number of hydrogen-bond acceptors (Lipinski definition) is 2. The average Bonchev–Trinajstić information content (AvgIpc) is 2.10. The molecule has 1 rings (SSSR count). The Bertz CT molecular complexity index is 344. The molecular weight excluding hydrogens is 118 g/mol. The number of oxazole rings is 1. The molecule has 0 aromatic carbocycles. The molecule has 0 saturated carbocycles. The second-order valence-electron chi connectivity index (χ2n) is 1.65. The van der Waals surface area contributed by atoms with Crippen LogP contribution in [0.25, 0.3) is 12.7 Å². The predicted molar refractivity (Wildman–Crippen MR) is 34.2 cm³/mol. The van der Waals surface area contributed by atoms with E-state index in [1.165, 1.54) is 0 Å². The highest BCUT2D eigenvalue weighted by atomic mass is 16.4. The first kappa shape index (κ1) is 5.88. The van der Waals surface area contributed by atoms with Crippen molar-refractivity contribution < 1.29 is 4.42 Å². The van der Waals surface area contributed by atoms with Crippen molar-refractivity contribution in [2.75, 3.05) is 0 Å². The summed E-state index contributed by atoms with van der Waals surface area (Å²) < 4.78 is 4.63. The van der Waals surface area contributed by atoms with Crippen LogP contribution in [0.3, 0.4) is 0 Å². The molecule has 0 bridgehead atoms. The van der Waals surface area contributed by atoms with E-state index in [1.54, 1.807) is 13.0 Å². The summed E-state index contributed by atoms with van der Waals surface area (Å²) in [5.41, 5.74) is 0.514. The van der Waals surface area contributed by atoms with Crippen LogP contribution in [0.5, 0.6) is 0 Å². The average molecular weight is 125 g/mol. The van der Waals surface area contributed by atoms with Crippen molar-refractivity contribution in [3.05, 3.63) is 21.3 Å². The highest BCUT2D eigenvalue weighted by Gasteiger charge is 1.86. The minimum absolute atomic E-state index is 0.451. The third kappa shape index (κ3) is 0.937. The van der Waals surface area contributed by atoms with Crippen molar-refractivity contribution in [2.24, 2.45) is 0 Å². The van der Waals surface area contributed by atoms with E-state index in [9.17, 15) is 4.79 Å². The largest absolute Gasteiger partial charge is 0.417 e. The lowest BCUT2D eigenvalue weighted by atomic mass is 10.5. The Labute approximate surface area is 51.3 Å². The van der Waals surface area contributed by atoms with Gasteiger partial charge in [-0.3, -0.25) is 4.98 Å². The van der Waals surface area contributed by atoms with Crippen LogP contribution in [-0.4, -0.2) is 4.98 Å². The zero-order chi connectivity index (χ0) is 6.85. The van der Waals surface area contributed by atoms with Gasteiger partial charge in [0.05, 0.1) is 5.35 Å². The van der Waals surface area contributed by atoms with Crippen molar-refractivity contribution in [3.8, 4) is 0 Å². The van der Waals surface area contributed by atoms with Gasteiger partial charge >= 0.3 is 5.76 Å². The maximum Gasteiger partial charge on any atom is 0.417 e. The normalized spacial score (nSPS) is 12.3. The lowest BCUT2D eigenvalue weighted by Gasteiger charge is -1.65. The summed E-state index contributed by atoms with van der Waals surface area (Å²) >= 11 is 0. The molecule has 1 aromatic heterocycles. The molecule has 0 aliphatic heterocycles. The number of H-pyrrole nitrogens is 1. The van der Waals surface area contributed by atoms with Gasteiger partial charge in [-0.25, -0.2) is 4.79 Å². The lowest BCUT2D eigenvalue weighted by molar-refractivity contribution is 0.485. The molecule has 3 nitrogen and oxygen atoms in total. The van der Waals surface area contributed by atoms with Crippen LogP contribution in [0, 0.1) is 0 Å². The minimum atomic E-state index is -0.451. The van der Waals surface area contributed by atoms with Crippen molar-refractivity contribution >= 4 is 12.7 Å². The van der Waals surface area contributed by atoms with Crippen LogP contribution in [0.1, 0.15) is 6.92 Å². The standard InChI is InChI=1S/C6H7NO2/c1-3-5-4(2)7-6(8)9-5/h3H,2H2,1H3,(H,7,8)/b5-3-. The van der Waals surface area contributed by atoms with Crippen LogP contribution in [0.4, 0.5) is 0 Å². The van der Waals surface area contributed by atoms with Crippen molar-refractivity contribution in [1.82, 2.24) is 4.98 Å². The van der Waals surface area contributed by atoms with E-state index in [4.69, 9.17) is 0 Å². The maximum absolute atomic E-state index is 10.4. The Morgan fingerprint density at radius 1 is 1.78 bits per heavy atom. The van der Waals surface area contributed by atoms with Gasteiger partial charge in [-0.05, 0) is 13.0 Å². The first-order chi connectivity index (χ1) is 4.24. The zero-order valence-electron chi connectivity index (χ0n) is 5.10. The Morgan fingerprint density at radius 2 is 2.44 bits per heavy atom. The van der Waals surface area contributed by atoms with Gasteiger partial charge in [0.15, 0.2) is 5.42 Å². The number of rotatable bonds is 0. The van der Waals surface area contributed by atoms with Crippen LogP contribution in [0.2, 0.25) is 0 Å². The van der Waals surface area contributed by atoms with E-state index >= 15 is 0 Å². The van der Waals surface area contributed by atoms with Crippen LogP contribution in [-0.2, 0) is 0 Å². The van der Waals surface area contributed by atoms with Gasteiger partial charge in [0, 0.05) is 0 Å². The molecule has 48 valence electrons. The minimum Gasteiger partial charge on any atom is -0.408 e. The number of aromatic nitrogens is 1. The van der Waals surface area contributed by atoms with Gasteiger partial charge < -0.3 is 4.42 Å². The monoisotopic (exact) mass is 125 g/mol. The molecule has 3 heteroatoms. The summed E-state index contributed by atoms with van der Waals surface area (Å²) in [7, 11) is 0. The van der Waals surface area contributed by atoms with Crippen molar-refractivity contribution in [1.29, 1.82) is 0 Å². The fourth-order valence-electron chi connectivity index (χ4n) is 0.605. The second-order valence-corrected chi connectivity index (χ2v) is 1.65. The molecule has 0 fully saturated rings. The molecule has 0 saturated heterocycles. The third-order valence-electron chi connectivity index (χ3n) is 1.02.